The number of hydrogen-bond acceptors (Lipinski definition) is 6. The van der Waals surface area contributed by atoms with E-state index < -0.39 is 56.8 Å². The summed E-state index contributed by atoms with van der Waals surface area (Å²) in [5.74, 6) is -1.53. The van der Waals surface area contributed by atoms with Crippen molar-refractivity contribution in [3.8, 4) is 5.82 Å². The van der Waals surface area contributed by atoms with Crippen molar-refractivity contribution in [2.75, 3.05) is 11.9 Å². The Hall–Kier alpha value is -4.19. The first-order chi connectivity index (χ1) is 21.4. The van der Waals surface area contributed by atoms with E-state index in [0.29, 0.717) is 0 Å². The number of anilines is 1. The summed E-state index contributed by atoms with van der Waals surface area (Å²) in [4.78, 5) is 28.8. The normalized spacial score (nSPS) is 12.2. The van der Waals surface area contributed by atoms with E-state index in [-0.39, 0.29) is 63.2 Å². The molecule has 0 fully saturated rings. The molecule has 0 radical (unpaired) electrons. The number of aromatic nitrogens is 3. The van der Waals surface area contributed by atoms with Gasteiger partial charge in [0.2, 0.25) is 10.0 Å². The highest BCUT2D eigenvalue weighted by molar-refractivity contribution is 7.89. The second-order valence-electron chi connectivity index (χ2n) is 9.31. The van der Waals surface area contributed by atoms with Gasteiger partial charge in [-0.15, -0.1) is 0 Å². The number of nitrogens with one attached hydrogen (secondary N) is 3. The molecule has 10 nitrogen and oxygen atoms in total. The van der Waals surface area contributed by atoms with Crippen LogP contribution in [0, 0.1) is 0 Å². The number of hydrogen-bond donors (Lipinski definition) is 3. The van der Waals surface area contributed by atoms with Crippen LogP contribution in [0.2, 0.25) is 10.0 Å². The molecule has 2 amide bonds. The van der Waals surface area contributed by atoms with Crippen molar-refractivity contribution in [2.24, 2.45) is 0 Å². The third-order valence-corrected chi connectivity index (χ3v) is 7.97. The second-order valence-corrected chi connectivity index (χ2v) is 11.9. The summed E-state index contributed by atoms with van der Waals surface area (Å²) in [6.45, 7) is 1.15. The van der Waals surface area contributed by atoms with Gasteiger partial charge in [0.05, 0.1) is 44.5 Å². The van der Waals surface area contributed by atoms with Gasteiger partial charge < -0.3 is 10.6 Å². The monoisotopic (exact) mass is 708 g/mol. The van der Waals surface area contributed by atoms with E-state index >= 15 is 0 Å². The summed E-state index contributed by atoms with van der Waals surface area (Å²) in [6, 6.07) is 7.95. The van der Waals surface area contributed by atoms with Crippen molar-refractivity contribution in [1.29, 1.82) is 0 Å². The van der Waals surface area contributed by atoms with Crippen LogP contribution in [-0.2, 0) is 28.9 Å². The molecule has 244 valence electrons. The van der Waals surface area contributed by atoms with Gasteiger partial charge in [0, 0.05) is 17.8 Å². The highest BCUT2D eigenvalue weighted by Gasteiger charge is 2.38. The number of alkyl halides is 6. The van der Waals surface area contributed by atoms with Crippen LogP contribution >= 0.6 is 23.2 Å². The lowest BCUT2D eigenvalue weighted by Crippen LogP contribution is -2.25. The number of rotatable bonds is 9. The number of amides is 2. The van der Waals surface area contributed by atoms with E-state index in [1.54, 1.807) is 6.92 Å². The van der Waals surface area contributed by atoms with Gasteiger partial charge in [0.1, 0.15) is 5.69 Å². The average molecular weight is 709 g/mol. The van der Waals surface area contributed by atoms with Crippen LogP contribution in [0.1, 0.15) is 44.6 Å². The van der Waals surface area contributed by atoms with E-state index in [1.807, 2.05) is 4.72 Å². The smallest absolute Gasteiger partial charge is 0.352 e. The van der Waals surface area contributed by atoms with Crippen LogP contribution in [-0.4, -0.2) is 41.5 Å². The Morgan fingerprint density at radius 3 is 2.15 bits per heavy atom. The molecule has 0 aliphatic carbocycles. The Kier molecular flexibility index (Phi) is 10.0. The highest BCUT2D eigenvalue weighted by Crippen LogP contribution is 2.37. The number of pyridine rings is 1. The maximum absolute atomic E-state index is 13.5. The van der Waals surface area contributed by atoms with Crippen LogP contribution in [0.3, 0.4) is 0 Å². The molecule has 19 heteroatoms. The molecular weight excluding hydrogens is 689 g/mol. The topological polar surface area (TPSA) is 135 Å². The van der Waals surface area contributed by atoms with Gasteiger partial charge >= 0.3 is 12.4 Å². The molecule has 0 saturated heterocycles. The van der Waals surface area contributed by atoms with Crippen molar-refractivity contribution >= 4 is 50.7 Å². The largest absolute Gasteiger partial charge is 0.416 e. The Morgan fingerprint density at radius 1 is 0.913 bits per heavy atom. The number of benzene rings is 2. The van der Waals surface area contributed by atoms with E-state index in [0.717, 1.165) is 10.7 Å². The molecule has 0 bridgehead atoms. The first kappa shape index (κ1) is 34.7. The predicted molar refractivity (Wildman–Crippen MR) is 154 cm³/mol. The molecule has 4 aromatic rings. The molecular formula is C27H20Cl2F6N6O4S. The minimum atomic E-state index is -5.28. The second kappa shape index (κ2) is 13.3. The Balaban J connectivity index is 1.71. The van der Waals surface area contributed by atoms with Crippen LogP contribution < -0.4 is 15.4 Å². The van der Waals surface area contributed by atoms with E-state index in [1.165, 1.54) is 36.5 Å². The molecule has 0 aliphatic rings. The highest BCUT2D eigenvalue weighted by atomic mass is 35.5. The van der Waals surface area contributed by atoms with Crippen molar-refractivity contribution in [1.82, 2.24) is 24.8 Å². The van der Waals surface area contributed by atoms with Crippen LogP contribution in [0.15, 0.2) is 65.7 Å². The summed E-state index contributed by atoms with van der Waals surface area (Å²) in [5, 5.41) is 9.45. The molecule has 0 unspecified atom stereocenters. The fourth-order valence-electron chi connectivity index (χ4n) is 3.96. The number of sulfonamides is 1. The van der Waals surface area contributed by atoms with Gasteiger partial charge in [-0.1, -0.05) is 23.2 Å². The van der Waals surface area contributed by atoms with Gasteiger partial charge in [-0.25, -0.2) is 22.8 Å². The van der Waals surface area contributed by atoms with Gasteiger partial charge in [-0.2, -0.15) is 31.4 Å². The summed E-state index contributed by atoms with van der Waals surface area (Å²) in [5.41, 5.74) is -4.11. The molecule has 0 aliphatic heterocycles. The van der Waals surface area contributed by atoms with Crippen LogP contribution in [0.5, 0.6) is 0 Å². The standard InChI is InChI=1S/C27H20Cl2F6N6O4S/c1-2-36-24(42)19-11-16(28)5-6-21(19)39-25(43)22-12-17(40-41(22)23-20(29)4-3-7-37-23)13-38-46(44,45)18-9-14(26(30,31)32)8-15(10-18)27(33,34)35/h3-12,38H,2,13H2,1H3,(H,36,42)(H,39,43). The molecule has 2 aromatic carbocycles. The van der Waals surface area contributed by atoms with Crippen molar-refractivity contribution in [3.05, 3.63) is 98.9 Å². The summed E-state index contributed by atoms with van der Waals surface area (Å²) in [7, 11) is -4.99. The number of carbonyl (C=O) groups is 2. The average Bonchev–Trinajstić information content (AvgIpc) is 3.40. The Morgan fingerprint density at radius 2 is 1.57 bits per heavy atom. The summed E-state index contributed by atoms with van der Waals surface area (Å²) < 4.78 is 108. The molecule has 0 saturated carbocycles. The van der Waals surface area contributed by atoms with E-state index in [4.69, 9.17) is 23.2 Å². The fourth-order valence-corrected chi connectivity index (χ4v) is 5.40. The Labute approximate surface area is 266 Å². The van der Waals surface area contributed by atoms with Gasteiger partial charge in [0.15, 0.2) is 5.82 Å². The molecule has 2 aromatic heterocycles. The third-order valence-electron chi connectivity index (χ3n) is 6.06. The predicted octanol–water partition coefficient (Wildman–Crippen LogP) is 6.09. The summed E-state index contributed by atoms with van der Waals surface area (Å²) >= 11 is 12.3. The lowest BCUT2D eigenvalue weighted by Gasteiger charge is -2.14. The molecule has 4 rings (SSSR count). The van der Waals surface area contributed by atoms with Crippen molar-refractivity contribution in [3.63, 3.8) is 0 Å². The zero-order valence-electron chi connectivity index (χ0n) is 23.1. The third kappa shape index (κ3) is 7.96. The van der Waals surface area contributed by atoms with Crippen molar-refractivity contribution in [2.45, 2.75) is 30.7 Å². The number of halogens is 8. The van der Waals surface area contributed by atoms with E-state index in [2.05, 4.69) is 20.7 Å². The van der Waals surface area contributed by atoms with E-state index in [9.17, 15) is 44.3 Å². The fraction of sp³-hybridized carbons (Fsp3) is 0.185. The quantitative estimate of drug-likeness (QED) is 0.180. The number of carbonyl (C=O) groups excluding carboxylic acids is 2. The Bertz CT molecular complexity index is 1880. The van der Waals surface area contributed by atoms with Crippen LogP contribution in [0.25, 0.3) is 5.82 Å². The summed E-state index contributed by atoms with van der Waals surface area (Å²) in [6.07, 6.45) is -9.25. The maximum Gasteiger partial charge on any atom is 0.416 e. The van der Waals surface area contributed by atoms with Gasteiger partial charge in [0.25, 0.3) is 11.8 Å². The number of nitrogens with zero attached hydrogens (tertiary/aromatic N) is 3. The molecule has 46 heavy (non-hydrogen) atoms. The first-order valence-electron chi connectivity index (χ1n) is 12.8. The molecule has 0 spiro atoms. The van der Waals surface area contributed by atoms with Gasteiger partial charge in [-0.3, -0.25) is 9.59 Å². The molecule has 0 atom stereocenters. The zero-order valence-corrected chi connectivity index (χ0v) is 25.4. The minimum Gasteiger partial charge on any atom is -0.352 e. The van der Waals surface area contributed by atoms with Crippen molar-refractivity contribution < 1.29 is 44.3 Å². The van der Waals surface area contributed by atoms with Crippen LogP contribution in [0.4, 0.5) is 32.0 Å². The SMILES string of the molecule is CCNC(=O)c1cc(Cl)ccc1NC(=O)c1cc(CNS(=O)(=O)c2cc(C(F)(F)F)cc(C(F)(F)F)c2)nn1-c1ncccc1Cl. The molecule has 2 heterocycles. The molecule has 3 N–H and O–H groups in total. The lowest BCUT2D eigenvalue weighted by atomic mass is 10.1. The first-order valence-corrected chi connectivity index (χ1v) is 15.0. The van der Waals surface area contributed by atoms with Gasteiger partial charge in [-0.05, 0) is 61.5 Å². The lowest BCUT2D eigenvalue weighted by molar-refractivity contribution is -0.143. The minimum absolute atomic E-state index is 0.00457. The zero-order chi connectivity index (χ0) is 34.0. The maximum atomic E-state index is 13.5.